The molecule has 0 amide bonds. The lowest BCUT2D eigenvalue weighted by atomic mass is 10.2. The van der Waals surface area contributed by atoms with Gasteiger partial charge in [-0.25, -0.2) is 0 Å². The van der Waals surface area contributed by atoms with Gasteiger partial charge in [-0.05, 0) is 27.7 Å². The van der Waals surface area contributed by atoms with Crippen molar-refractivity contribution in [3.05, 3.63) is 0 Å². The number of hydrogen-bond donors (Lipinski definition) is 2. The van der Waals surface area contributed by atoms with E-state index in [-0.39, 0.29) is 5.60 Å². The van der Waals surface area contributed by atoms with E-state index in [1.807, 2.05) is 20.8 Å². The molecule has 0 saturated carbocycles. The first-order valence-corrected chi connectivity index (χ1v) is 3.72. The summed E-state index contributed by atoms with van der Waals surface area (Å²) in [6.45, 7) is 7.65. The average molecular weight is 166 g/mol. The van der Waals surface area contributed by atoms with Crippen LogP contribution in [0.25, 0.3) is 0 Å². The topological polar surface area (TPSA) is 29.5 Å². The Bertz CT molecular complexity index is 63.7. The minimum absolute atomic E-state index is 0.0417. The zero-order valence-corrected chi connectivity index (χ0v) is 8.27. The zero-order valence-electron chi connectivity index (χ0n) is 7.38. The lowest BCUT2D eigenvalue weighted by molar-refractivity contribution is 0.0397. The molecule has 0 fully saturated rings. The van der Waals surface area contributed by atoms with Crippen LogP contribution in [0.4, 0.5) is 0 Å². The van der Waals surface area contributed by atoms with Gasteiger partial charge < -0.3 is 9.84 Å². The van der Waals surface area contributed by atoms with Crippen LogP contribution in [0.1, 0.15) is 27.7 Å². The third-order valence-corrected chi connectivity index (χ3v) is 0.612. The van der Waals surface area contributed by atoms with Crippen LogP contribution in [-0.2, 0) is 4.74 Å². The molecule has 64 valence electrons. The van der Waals surface area contributed by atoms with Gasteiger partial charge in [-0.1, -0.05) is 0 Å². The Morgan fingerprint density at radius 1 is 1.40 bits per heavy atom. The maximum atomic E-state index is 7.92. The molecule has 0 aromatic heterocycles. The van der Waals surface area contributed by atoms with Crippen molar-refractivity contribution in [3.8, 4) is 0 Å². The second kappa shape index (κ2) is 6.01. The molecule has 1 atom stereocenters. The molecule has 0 saturated heterocycles. The Morgan fingerprint density at radius 3 is 1.50 bits per heavy atom. The number of hydrogen-bond acceptors (Lipinski definition) is 3. The Balaban J connectivity index is 0. The van der Waals surface area contributed by atoms with E-state index in [1.165, 1.54) is 0 Å². The molecule has 0 spiro atoms. The molecule has 0 aliphatic carbocycles. The smallest absolute Gasteiger partial charge is 0.0936 e. The van der Waals surface area contributed by atoms with Gasteiger partial charge in [0.1, 0.15) is 0 Å². The first kappa shape index (κ1) is 12.9. The highest BCUT2D eigenvalue weighted by Crippen LogP contribution is 2.02. The second-order valence-electron chi connectivity index (χ2n) is 2.95. The van der Waals surface area contributed by atoms with Crippen LogP contribution < -0.4 is 0 Å². The predicted molar refractivity (Wildman–Crippen MR) is 47.4 cm³/mol. The summed E-state index contributed by atoms with van der Waals surface area (Å²) in [4.78, 5) is 0. The summed E-state index contributed by atoms with van der Waals surface area (Å²) in [7, 11) is 1.71. The van der Waals surface area contributed by atoms with Crippen LogP contribution in [0.2, 0.25) is 0 Å². The quantitative estimate of drug-likeness (QED) is 0.423. The largest absolute Gasteiger partial charge is 0.383 e. The number of methoxy groups -OCH3 is 1. The van der Waals surface area contributed by atoms with E-state index in [0.717, 1.165) is 0 Å². The maximum absolute atomic E-state index is 7.92. The summed E-state index contributed by atoms with van der Waals surface area (Å²) in [5.41, 5.74) is -0.431. The van der Waals surface area contributed by atoms with Crippen molar-refractivity contribution in [2.75, 3.05) is 7.11 Å². The zero-order chi connectivity index (χ0) is 8.78. The van der Waals surface area contributed by atoms with E-state index in [9.17, 15) is 0 Å². The van der Waals surface area contributed by atoms with Crippen molar-refractivity contribution in [2.24, 2.45) is 0 Å². The van der Waals surface area contributed by atoms with Crippen molar-refractivity contribution >= 4 is 12.6 Å². The van der Waals surface area contributed by atoms with Gasteiger partial charge in [0.15, 0.2) is 0 Å². The maximum Gasteiger partial charge on any atom is 0.0936 e. The highest BCUT2D eigenvalue weighted by atomic mass is 32.1. The molecule has 0 radical (unpaired) electrons. The normalized spacial score (nSPS) is 13.5. The molecule has 10 heavy (non-hydrogen) atoms. The predicted octanol–water partition coefficient (Wildman–Crippen LogP) is 1.69. The monoisotopic (exact) mass is 166 g/mol. The minimum Gasteiger partial charge on any atom is -0.383 e. The molecule has 0 aliphatic rings. The number of ether oxygens (including phenoxy) is 1. The van der Waals surface area contributed by atoms with Gasteiger partial charge in [0.05, 0.1) is 11.0 Å². The van der Waals surface area contributed by atoms with E-state index in [2.05, 4.69) is 12.6 Å². The fourth-order valence-corrected chi connectivity index (χ4v) is 0. The minimum atomic E-state index is -0.472. The number of rotatable bonds is 0. The van der Waals surface area contributed by atoms with E-state index < -0.39 is 5.44 Å². The molecule has 1 unspecified atom stereocenters. The van der Waals surface area contributed by atoms with E-state index in [0.29, 0.717) is 0 Å². The van der Waals surface area contributed by atoms with Crippen LogP contribution in [0, 0.1) is 0 Å². The van der Waals surface area contributed by atoms with Crippen molar-refractivity contribution in [3.63, 3.8) is 0 Å². The standard InChI is InChI=1S/C5H12O.C2H6OS/c1-5(2,3)6-4;1-2(3)4/h1-4H3;2-4H,1H3. The van der Waals surface area contributed by atoms with E-state index in [4.69, 9.17) is 9.84 Å². The van der Waals surface area contributed by atoms with Crippen molar-refractivity contribution in [1.82, 2.24) is 0 Å². The fraction of sp³-hybridized carbons (Fsp3) is 1.00. The molecule has 0 heterocycles. The third-order valence-electron chi connectivity index (χ3n) is 0.612. The summed E-state index contributed by atoms with van der Waals surface area (Å²) in [6.07, 6.45) is 0. The summed E-state index contributed by atoms with van der Waals surface area (Å²) in [5, 5.41) is 7.92. The first-order valence-electron chi connectivity index (χ1n) is 3.21. The van der Waals surface area contributed by atoms with Gasteiger partial charge in [0, 0.05) is 7.11 Å². The van der Waals surface area contributed by atoms with Gasteiger partial charge in [0.2, 0.25) is 0 Å². The lowest BCUT2D eigenvalue weighted by Gasteiger charge is -2.14. The second-order valence-corrected chi connectivity index (χ2v) is 3.70. The molecule has 0 aliphatic heterocycles. The Hall–Kier alpha value is 0.270. The fourth-order valence-electron chi connectivity index (χ4n) is 0. The van der Waals surface area contributed by atoms with Crippen LogP contribution in [-0.4, -0.2) is 23.3 Å². The van der Waals surface area contributed by atoms with Crippen LogP contribution in [0.15, 0.2) is 0 Å². The van der Waals surface area contributed by atoms with Gasteiger partial charge in [-0.3, -0.25) is 0 Å². The summed E-state index contributed by atoms with van der Waals surface area (Å²) in [6, 6.07) is 0. The molecule has 1 N–H and O–H groups in total. The average Bonchev–Trinajstić information content (AvgIpc) is 1.63. The molecular weight excluding hydrogens is 148 g/mol. The highest BCUT2D eigenvalue weighted by molar-refractivity contribution is 7.80. The molecular formula is C7H18O2S. The molecule has 0 aromatic rings. The molecule has 2 nitrogen and oxygen atoms in total. The third kappa shape index (κ3) is 40.9. The molecule has 0 rings (SSSR count). The Kier molecular flexibility index (Phi) is 7.76. The van der Waals surface area contributed by atoms with Crippen LogP contribution in [0.3, 0.4) is 0 Å². The first-order chi connectivity index (χ1) is 4.29. The van der Waals surface area contributed by atoms with Gasteiger partial charge in [-0.2, -0.15) is 0 Å². The van der Waals surface area contributed by atoms with Crippen molar-refractivity contribution in [2.45, 2.75) is 38.7 Å². The summed E-state index contributed by atoms with van der Waals surface area (Å²) >= 11 is 3.52. The van der Waals surface area contributed by atoms with Gasteiger partial charge in [0.25, 0.3) is 0 Å². The Morgan fingerprint density at radius 2 is 1.50 bits per heavy atom. The molecule has 3 heteroatoms. The number of aliphatic hydroxyl groups is 1. The Labute approximate surface area is 69.0 Å². The van der Waals surface area contributed by atoms with E-state index >= 15 is 0 Å². The summed E-state index contributed by atoms with van der Waals surface area (Å²) in [5.74, 6) is 0. The van der Waals surface area contributed by atoms with Gasteiger partial charge >= 0.3 is 0 Å². The van der Waals surface area contributed by atoms with Crippen molar-refractivity contribution in [1.29, 1.82) is 0 Å². The molecule has 0 aromatic carbocycles. The lowest BCUT2D eigenvalue weighted by Crippen LogP contribution is -2.15. The van der Waals surface area contributed by atoms with Gasteiger partial charge in [-0.15, -0.1) is 12.6 Å². The van der Waals surface area contributed by atoms with Crippen molar-refractivity contribution < 1.29 is 9.84 Å². The highest BCUT2D eigenvalue weighted by Gasteiger charge is 2.03. The molecule has 0 bridgehead atoms. The summed E-state index contributed by atoms with van der Waals surface area (Å²) < 4.78 is 4.94. The van der Waals surface area contributed by atoms with Crippen LogP contribution in [0.5, 0.6) is 0 Å². The van der Waals surface area contributed by atoms with E-state index in [1.54, 1.807) is 14.0 Å². The number of thiol groups is 1. The number of aliphatic hydroxyl groups excluding tert-OH is 1. The SMILES string of the molecule is CC(O)S.COC(C)(C)C. The van der Waals surface area contributed by atoms with Crippen LogP contribution >= 0.6 is 12.6 Å².